The Kier molecular flexibility index (Phi) is 7.94. The number of rotatable bonds is 7. The van der Waals surface area contributed by atoms with Crippen LogP contribution in [0.1, 0.15) is 33.4 Å². The molecule has 0 radical (unpaired) electrons. The summed E-state index contributed by atoms with van der Waals surface area (Å²) in [5.41, 5.74) is 6.36. The Bertz CT molecular complexity index is 1610. The molecular formula is C33H27BrN2O4. The molecule has 1 saturated heterocycles. The van der Waals surface area contributed by atoms with Crippen LogP contribution in [0.3, 0.4) is 0 Å². The molecule has 0 spiro atoms. The number of benzene rings is 4. The van der Waals surface area contributed by atoms with Crippen molar-refractivity contribution in [2.75, 3.05) is 4.90 Å². The van der Waals surface area contributed by atoms with E-state index in [2.05, 4.69) is 53.3 Å². The average Bonchev–Trinajstić information content (AvgIpc) is 2.92. The van der Waals surface area contributed by atoms with E-state index in [0.717, 1.165) is 26.1 Å². The van der Waals surface area contributed by atoms with E-state index in [1.165, 1.54) is 11.1 Å². The van der Waals surface area contributed by atoms with Gasteiger partial charge < -0.3 is 4.74 Å². The van der Waals surface area contributed by atoms with Crippen LogP contribution in [0.2, 0.25) is 0 Å². The molecule has 7 heteroatoms. The van der Waals surface area contributed by atoms with Crippen molar-refractivity contribution in [3.05, 3.63) is 134 Å². The Labute approximate surface area is 241 Å². The van der Waals surface area contributed by atoms with Crippen molar-refractivity contribution in [2.24, 2.45) is 0 Å². The minimum Gasteiger partial charge on any atom is -0.489 e. The number of hydrogen-bond donors (Lipinski definition) is 1. The molecular weight excluding hydrogens is 568 g/mol. The zero-order chi connectivity index (χ0) is 28.2. The van der Waals surface area contributed by atoms with E-state index in [9.17, 15) is 14.4 Å². The summed E-state index contributed by atoms with van der Waals surface area (Å²) < 4.78 is 6.63. The van der Waals surface area contributed by atoms with Crippen molar-refractivity contribution in [1.82, 2.24) is 5.32 Å². The van der Waals surface area contributed by atoms with Gasteiger partial charge in [0.25, 0.3) is 11.8 Å². The summed E-state index contributed by atoms with van der Waals surface area (Å²) in [6.45, 7) is 4.50. The van der Waals surface area contributed by atoms with Crippen LogP contribution < -0.4 is 15.0 Å². The molecule has 0 aliphatic carbocycles. The van der Waals surface area contributed by atoms with Crippen molar-refractivity contribution >= 4 is 45.5 Å². The number of nitrogens with one attached hydrogen (secondary N) is 1. The number of nitrogens with zero attached hydrogens (tertiary/aromatic N) is 1. The molecule has 40 heavy (non-hydrogen) atoms. The van der Waals surface area contributed by atoms with E-state index in [0.29, 0.717) is 30.0 Å². The molecule has 4 aromatic rings. The highest BCUT2D eigenvalue weighted by Gasteiger charge is 2.37. The summed E-state index contributed by atoms with van der Waals surface area (Å²) in [6, 6.07) is 27.7. The summed E-state index contributed by atoms with van der Waals surface area (Å²) in [6.07, 6.45) is 2.18. The molecule has 1 N–H and O–H groups in total. The van der Waals surface area contributed by atoms with Gasteiger partial charge in [-0.2, -0.15) is 0 Å². The molecule has 1 fully saturated rings. The first-order valence-corrected chi connectivity index (χ1v) is 13.6. The maximum atomic E-state index is 13.5. The van der Waals surface area contributed by atoms with Crippen molar-refractivity contribution in [3.8, 4) is 5.75 Å². The number of aryl methyl sites for hydroxylation is 2. The highest BCUT2D eigenvalue weighted by Crippen LogP contribution is 2.27. The van der Waals surface area contributed by atoms with Gasteiger partial charge in [0, 0.05) is 4.47 Å². The fourth-order valence-corrected chi connectivity index (χ4v) is 5.11. The second kappa shape index (κ2) is 11.7. The number of carbonyl (C=O) groups is 3. The molecule has 0 atom stereocenters. The number of imide groups is 2. The number of hydrogen-bond acceptors (Lipinski definition) is 4. The average molecular weight is 595 g/mol. The first kappa shape index (κ1) is 27.1. The molecule has 4 aromatic carbocycles. The highest BCUT2D eigenvalue weighted by molar-refractivity contribution is 9.10. The summed E-state index contributed by atoms with van der Waals surface area (Å²) in [5.74, 6) is -0.829. The van der Waals surface area contributed by atoms with Gasteiger partial charge in [-0.1, -0.05) is 81.7 Å². The SMILES string of the molecule is Cc1cc(C)cc(Cc2ccc(Br)cc2/C=C2\C(=O)NC(=O)N(c3ccc(OCc4ccccc4)cc3)C2=O)c1. The number of ether oxygens (including phenoxy) is 1. The predicted molar refractivity (Wildman–Crippen MR) is 159 cm³/mol. The topological polar surface area (TPSA) is 75.7 Å². The normalized spacial score (nSPS) is 14.4. The van der Waals surface area contributed by atoms with Crippen LogP contribution in [-0.2, 0) is 22.6 Å². The van der Waals surface area contributed by atoms with Crippen LogP contribution in [-0.4, -0.2) is 17.8 Å². The number of amides is 4. The Morgan fingerprint density at radius 3 is 2.23 bits per heavy atom. The molecule has 0 saturated carbocycles. The van der Waals surface area contributed by atoms with Crippen molar-refractivity contribution in [2.45, 2.75) is 26.9 Å². The Hall–Kier alpha value is -4.49. The standard InChI is InChI=1S/C33H27BrN2O4/c1-21-14-22(2)16-24(15-21)17-25-8-9-27(34)18-26(25)19-30-31(37)35-33(39)36(32(30)38)28-10-12-29(13-11-28)40-20-23-6-4-3-5-7-23/h3-16,18-19H,17,20H2,1-2H3,(H,35,37,39)/b30-19+. The number of halogens is 1. The van der Waals surface area contributed by atoms with Gasteiger partial charge in [-0.25, -0.2) is 9.69 Å². The van der Waals surface area contributed by atoms with Crippen LogP contribution in [0, 0.1) is 13.8 Å². The highest BCUT2D eigenvalue weighted by atomic mass is 79.9. The zero-order valence-electron chi connectivity index (χ0n) is 22.1. The van der Waals surface area contributed by atoms with Crippen LogP contribution in [0.15, 0.2) is 101 Å². The van der Waals surface area contributed by atoms with E-state index < -0.39 is 17.8 Å². The lowest BCUT2D eigenvalue weighted by molar-refractivity contribution is -0.122. The second-order valence-electron chi connectivity index (χ2n) is 9.74. The summed E-state index contributed by atoms with van der Waals surface area (Å²) in [7, 11) is 0. The Morgan fingerprint density at radius 2 is 1.52 bits per heavy atom. The first-order valence-electron chi connectivity index (χ1n) is 12.8. The van der Waals surface area contributed by atoms with E-state index >= 15 is 0 Å². The van der Waals surface area contributed by atoms with Crippen molar-refractivity contribution in [1.29, 1.82) is 0 Å². The van der Waals surface area contributed by atoms with Crippen LogP contribution in [0.4, 0.5) is 10.5 Å². The summed E-state index contributed by atoms with van der Waals surface area (Å²) in [5, 5.41) is 2.30. The monoisotopic (exact) mass is 594 g/mol. The molecule has 6 nitrogen and oxygen atoms in total. The quantitative estimate of drug-likeness (QED) is 0.186. The molecule has 1 aliphatic rings. The largest absolute Gasteiger partial charge is 0.489 e. The molecule has 1 aliphatic heterocycles. The second-order valence-corrected chi connectivity index (χ2v) is 10.7. The zero-order valence-corrected chi connectivity index (χ0v) is 23.7. The number of anilines is 1. The number of carbonyl (C=O) groups excluding carboxylic acids is 3. The van der Waals surface area contributed by atoms with Gasteiger partial charge in [0.1, 0.15) is 17.9 Å². The van der Waals surface area contributed by atoms with Gasteiger partial charge in [-0.05, 0) is 85.0 Å². The van der Waals surface area contributed by atoms with Gasteiger partial charge in [-0.15, -0.1) is 0 Å². The molecule has 0 aromatic heterocycles. The minimum atomic E-state index is -0.796. The van der Waals surface area contributed by atoms with Gasteiger partial charge in [-0.3, -0.25) is 14.9 Å². The third kappa shape index (κ3) is 6.21. The minimum absolute atomic E-state index is 0.122. The van der Waals surface area contributed by atoms with Crippen molar-refractivity contribution < 1.29 is 19.1 Å². The van der Waals surface area contributed by atoms with Crippen LogP contribution in [0.5, 0.6) is 5.75 Å². The lowest BCUT2D eigenvalue weighted by Gasteiger charge is -2.26. The smallest absolute Gasteiger partial charge is 0.335 e. The third-order valence-electron chi connectivity index (χ3n) is 6.53. The van der Waals surface area contributed by atoms with Gasteiger partial charge in [0.15, 0.2) is 0 Å². The third-order valence-corrected chi connectivity index (χ3v) is 7.02. The summed E-state index contributed by atoms with van der Waals surface area (Å²) >= 11 is 3.50. The molecule has 5 rings (SSSR count). The molecule has 4 amide bonds. The van der Waals surface area contributed by atoms with Gasteiger partial charge in [0.05, 0.1) is 5.69 Å². The maximum Gasteiger partial charge on any atom is 0.335 e. The van der Waals surface area contributed by atoms with Crippen LogP contribution >= 0.6 is 15.9 Å². The van der Waals surface area contributed by atoms with E-state index in [-0.39, 0.29) is 5.57 Å². The van der Waals surface area contributed by atoms with Crippen molar-refractivity contribution in [3.63, 3.8) is 0 Å². The molecule has 0 unspecified atom stereocenters. The Morgan fingerprint density at radius 1 is 0.825 bits per heavy atom. The lowest BCUT2D eigenvalue weighted by Crippen LogP contribution is -2.54. The first-order chi connectivity index (χ1) is 19.3. The maximum absolute atomic E-state index is 13.5. The number of barbiturate groups is 1. The Balaban J connectivity index is 1.41. The summed E-state index contributed by atoms with van der Waals surface area (Å²) in [4.78, 5) is 40.1. The fraction of sp³-hybridized carbons (Fsp3) is 0.121. The van der Waals surface area contributed by atoms with Gasteiger partial charge >= 0.3 is 6.03 Å². The van der Waals surface area contributed by atoms with Gasteiger partial charge in [0.2, 0.25) is 0 Å². The van der Waals surface area contributed by atoms with E-state index in [4.69, 9.17) is 4.74 Å². The van der Waals surface area contributed by atoms with Crippen LogP contribution in [0.25, 0.3) is 6.08 Å². The molecule has 1 heterocycles. The van der Waals surface area contributed by atoms with E-state index in [1.54, 1.807) is 30.3 Å². The van der Waals surface area contributed by atoms with E-state index in [1.807, 2.05) is 48.5 Å². The molecule has 200 valence electrons. The predicted octanol–water partition coefficient (Wildman–Crippen LogP) is 6.90. The lowest BCUT2D eigenvalue weighted by atomic mass is 9.95. The number of urea groups is 1. The fourth-order valence-electron chi connectivity index (χ4n) is 4.73. The molecule has 0 bridgehead atoms.